The second kappa shape index (κ2) is 7.56. The number of thiazole rings is 1. The highest BCUT2D eigenvalue weighted by Crippen LogP contribution is 2.17. The normalized spacial score (nSPS) is 11.5. The summed E-state index contributed by atoms with van der Waals surface area (Å²) >= 11 is 5.25. The number of rotatable bonds is 4. The van der Waals surface area contributed by atoms with E-state index in [-0.39, 0.29) is 0 Å². The number of aromatic nitrogens is 1. The van der Waals surface area contributed by atoms with Gasteiger partial charge in [0.25, 0.3) is 0 Å². The number of hydrogen-bond donors (Lipinski definition) is 1. The molecule has 4 nitrogen and oxygen atoms in total. The summed E-state index contributed by atoms with van der Waals surface area (Å²) in [5.41, 5.74) is 4.19. The van der Waals surface area contributed by atoms with E-state index in [4.69, 9.17) is 0 Å². The van der Waals surface area contributed by atoms with Gasteiger partial charge >= 0.3 is 0 Å². The third kappa shape index (κ3) is 4.28. The molecular weight excluding hydrogens is 348 g/mol. The Morgan fingerprint density at radius 1 is 1.43 bits per heavy atom. The Hall–Kier alpha value is -1.40. The standard InChI is InChI=1S/C15H19BrN4S/c1-11-14(21-10-19-11)8-18-15(17-2)20(3)9-12-6-4-5-7-13(12)16/h4-7,10H,8-9H2,1-3H3,(H,17,18). The smallest absolute Gasteiger partial charge is 0.193 e. The van der Waals surface area contributed by atoms with Crippen LogP contribution in [0.1, 0.15) is 16.1 Å². The summed E-state index contributed by atoms with van der Waals surface area (Å²) in [5, 5.41) is 3.38. The second-order valence-electron chi connectivity index (χ2n) is 4.71. The zero-order valence-electron chi connectivity index (χ0n) is 12.4. The van der Waals surface area contributed by atoms with E-state index in [9.17, 15) is 0 Å². The fourth-order valence-electron chi connectivity index (χ4n) is 2.00. The third-order valence-corrected chi connectivity index (χ3v) is 4.90. The van der Waals surface area contributed by atoms with Crippen molar-refractivity contribution in [2.75, 3.05) is 14.1 Å². The van der Waals surface area contributed by atoms with Crippen LogP contribution in [0.25, 0.3) is 0 Å². The van der Waals surface area contributed by atoms with Crippen LogP contribution in [0.2, 0.25) is 0 Å². The minimum atomic E-state index is 0.753. The van der Waals surface area contributed by atoms with Gasteiger partial charge < -0.3 is 10.2 Å². The Morgan fingerprint density at radius 3 is 2.81 bits per heavy atom. The van der Waals surface area contributed by atoms with E-state index in [2.05, 4.69) is 48.3 Å². The van der Waals surface area contributed by atoms with Crippen LogP contribution in [-0.4, -0.2) is 29.9 Å². The molecule has 0 fully saturated rings. The van der Waals surface area contributed by atoms with Crippen LogP contribution in [0.15, 0.2) is 39.2 Å². The Bertz CT molecular complexity index is 624. The van der Waals surface area contributed by atoms with E-state index in [1.165, 1.54) is 10.4 Å². The Labute approximate surface area is 138 Å². The van der Waals surface area contributed by atoms with E-state index in [1.54, 1.807) is 18.4 Å². The van der Waals surface area contributed by atoms with Crippen LogP contribution < -0.4 is 5.32 Å². The molecule has 0 bridgehead atoms. The van der Waals surface area contributed by atoms with Gasteiger partial charge in [0, 0.05) is 30.0 Å². The summed E-state index contributed by atoms with van der Waals surface area (Å²) < 4.78 is 1.12. The zero-order valence-corrected chi connectivity index (χ0v) is 14.8. The summed E-state index contributed by atoms with van der Waals surface area (Å²) in [6, 6.07) is 8.24. The Morgan fingerprint density at radius 2 is 2.19 bits per heavy atom. The molecular formula is C15H19BrN4S. The number of hydrogen-bond acceptors (Lipinski definition) is 3. The van der Waals surface area contributed by atoms with Crippen molar-refractivity contribution in [2.24, 2.45) is 4.99 Å². The molecule has 0 saturated heterocycles. The number of nitrogens with one attached hydrogen (secondary N) is 1. The molecule has 1 aromatic heterocycles. The monoisotopic (exact) mass is 366 g/mol. The quantitative estimate of drug-likeness (QED) is 0.665. The van der Waals surface area contributed by atoms with Gasteiger partial charge in [-0.3, -0.25) is 4.99 Å². The molecule has 1 heterocycles. The van der Waals surface area contributed by atoms with E-state index in [1.807, 2.05) is 31.6 Å². The topological polar surface area (TPSA) is 40.5 Å². The van der Waals surface area contributed by atoms with Crippen molar-refractivity contribution in [3.8, 4) is 0 Å². The van der Waals surface area contributed by atoms with Crippen LogP contribution in [-0.2, 0) is 13.1 Å². The van der Waals surface area contributed by atoms with Crippen molar-refractivity contribution in [1.82, 2.24) is 15.2 Å². The van der Waals surface area contributed by atoms with E-state index in [0.717, 1.165) is 29.2 Å². The molecule has 0 aliphatic heterocycles. The van der Waals surface area contributed by atoms with Crippen LogP contribution in [0.5, 0.6) is 0 Å². The fourth-order valence-corrected chi connectivity index (χ4v) is 3.12. The van der Waals surface area contributed by atoms with Gasteiger partial charge in [0.05, 0.1) is 17.7 Å². The Kier molecular flexibility index (Phi) is 5.76. The first-order chi connectivity index (χ1) is 10.1. The first-order valence-electron chi connectivity index (χ1n) is 6.66. The molecule has 0 radical (unpaired) electrons. The molecule has 2 rings (SSSR count). The van der Waals surface area contributed by atoms with E-state index in [0.29, 0.717) is 0 Å². The molecule has 1 N–H and O–H groups in total. The number of aryl methyl sites for hydroxylation is 1. The van der Waals surface area contributed by atoms with Crippen molar-refractivity contribution >= 4 is 33.2 Å². The van der Waals surface area contributed by atoms with Gasteiger partial charge in [-0.2, -0.15) is 0 Å². The van der Waals surface area contributed by atoms with Crippen molar-refractivity contribution in [3.05, 3.63) is 50.4 Å². The number of guanidine groups is 1. The van der Waals surface area contributed by atoms with Gasteiger partial charge in [-0.1, -0.05) is 34.1 Å². The molecule has 2 aromatic rings. The SMILES string of the molecule is CN=C(NCc1scnc1C)N(C)Cc1ccccc1Br. The van der Waals surface area contributed by atoms with Crippen LogP contribution in [0, 0.1) is 6.92 Å². The van der Waals surface area contributed by atoms with E-state index < -0.39 is 0 Å². The lowest BCUT2D eigenvalue weighted by Gasteiger charge is -2.22. The lowest BCUT2D eigenvalue weighted by Crippen LogP contribution is -2.38. The van der Waals surface area contributed by atoms with Crippen LogP contribution in [0.4, 0.5) is 0 Å². The summed E-state index contributed by atoms with van der Waals surface area (Å²) in [7, 11) is 3.84. The number of nitrogens with zero attached hydrogens (tertiary/aromatic N) is 3. The average molecular weight is 367 g/mol. The molecule has 0 spiro atoms. The van der Waals surface area contributed by atoms with Gasteiger partial charge in [0.2, 0.25) is 0 Å². The van der Waals surface area contributed by atoms with Crippen molar-refractivity contribution in [2.45, 2.75) is 20.0 Å². The molecule has 21 heavy (non-hydrogen) atoms. The molecule has 0 unspecified atom stereocenters. The maximum Gasteiger partial charge on any atom is 0.193 e. The maximum atomic E-state index is 4.34. The summed E-state index contributed by atoms with van der Waals surface area (Å²) in [5.74, 6) is 0.874. The second-order valence-corrected chi connectivity index (χ2v) is 6.50. The minimum absolute atomic E-state index is 0.753. The predicted molar refractivity (Wildman–Crippen MR) is 92.7 cm³/mol. The molecule has 1 aromatic carbocycles. The highest BCUT2D eigenvalue weighted by atomic mass is 79.9. The molecule has 6 heteroatoms. The molecule has 112 valence electrons. The summed E-state index contributed by atoms with van der Waals surface area (Å²) in [6.45, 7) is 3.58. The number of aliphatic imine (C=N–C) groups is 1. The maximum absolute atomic E-state index is 4.34. The van der Waals surface area contributed by atoms with Crippen molar-refractivity contribution < 1.29 is 0 Å². The molecule has 0 atom stereocenters. The van der Waals surface area contributed by atoms with Crippen molar-refractivity contribution in [3.63, 3.8) is 0 Å². The van der Waals surface area contributed by atoms with Gasteiger partial charge in [0.15, 0.2) is 5.96 Å². The lowest BCUT2D eigenvalue weighted by molar-refractivity contribution is 0.476. The highest BCUT2D eigenvalue weighted by Gasteiger charge is 2.09. The van der Waals surface area contributed by atoms with Gasteiger partial charge in [0.1, 0.15) is 0 Å². The lowest BCUT2D eigenvalue weighted by atomic mass is 10.2. The molecule has 0 saturated carbocycles. The summed E-state index contributed by atoms with van der Waals surface area (Å²) in [6.07, 6.45) is 0. The van der Waals surface area contributed by atoms with E-state index >= 15 is 0 Å². The van der Waals surface area contributed by atoms with Gasteiger partial charge in [-0.25, -0.2) is 4.98 Å². The first-order valence-corrected chi connectivity index (χ1v) is 8.33. The summed E-state index contributed by atoms with van der Waals surface area (Å²) in [4.78, 5) is 12.0. The highest BCUT2D eigenvalue weighted by molar-refractivity contribution is 9.10. The molecule has 0 aliphatic carbocycles. The Balaban J connectivity index is 1.98. The zero-order chi connectivity index (χ0) is 15.2. The van der Waals surface area contributed by atoms with Gasteiger partial charge in [-0.05, 0) is 18.6 Å². The van der Waals surface area contributed by atoms with Gasteiger partial charge in [-0.15, -0.1) is 11.3 Å². The van der Waals surface area contributed by atoms with Crippen molar-refractivity contribution in [1.29, 1.82) is 0 Å². The largest absolute Gasteiger partial charge is 0.351 e. The molecule has 0 amide bonds. The first kappa shape index (κ1) is 16.0. The minimum Gasteiger partial charge on any atom is -0.351 e. The number of halogens is 1. The third-order valence-electron chi connectivity index (χ3n) is 3.19. The number of benzene rings is 1. The average Bonchev–Trinajstić information content (AvgIpc) is 2.88. The van der Waals surface area contributed by atoms with Crippen LogP contribution >= 0.6 is 27.3 Å². The molecule has 0 aliphatic rings. The predicted octanol–water partition coefficient (Wildman–Crippen LogP) is 3.42. The van der Waals surface area contributed by atoms with Crippen LogP contribution in [0.3, 0.4) is 0 Å². The fraction of sp³-hybridized carbons (Fsp3) is 0.333.